The summed E-state index contributed by atoms with van der Waals surface area (Å²) in [6.07, 6.45) is -10.1. The molecule has 2 unspecified atom stereocenters. The number of hydrogen-bond acceptors (Lipinski definition) is 2. The molecule has 0 heterocycles. The molecule has 102 valence electrons. The molecule has 0 aromatic carbocycles. The first-order chi connectivity index (χ1) is 7.46. The SMILES string of the molecule is CC(C)N=CCC(C(N)C(F)(F)F)C(F)(F)F. The van der Waals surface area contributed by atoms with Crippen molar-refractivity contribution in [2.24, 2.45) is 16.6 Å². The molecule has 0 amide bonds. The van der Waals surface area contributed by atoms with Gasteiger partial charge < -0.3 is 5.73 Å². The number of nitrogens with zero attached hydrogens (tertiary/aromatic N) is 1. The highest BCUT2D eigenvalue weighted by atomic mass is 19.4. The highest BCUT2D eigenvalue weighted by Crippen LogP contribution is 2.36. The Hall–Kier alpha value is -0.790. The summed E-state index contributed by atoms with van der Waals surface area (Å²) in [4.78, 5) is 3.59. The number of rotatable bonds is 4. The van der Waals surface area contributed by atoms with Gasteiger partial charge in [-0.2, -0.15) is 26.3 Å². The largest absolute Gasteiger partial charge is 0.404 e. The van der Waals surface area contributed by atoms with Gasteiger partial charge in [-0.1, -0.05) is 0 Å². The molecule has 0 saturated carbocycles. The Bertz CT molecular complexity index is 255. The Morgan fingerprint density at radius 1 is 1.06 bits per heavy atom. The van der Waals surface area contributed by atoms with Crippen LogP contribution in [-0.4, -0.2) is 30.7 Å². The first-order valence-electron chi connectivity index (χ1n) is 4.87. The van der Waals surface area contributed by atoms with Gasteiger partial charge in [-0.05, 0) is 26.5 Å². The second kappa shape index (κ2) is 5.70. The van der Waals surface area contributed by atoms with Crippen molar-refractivity contribution < 1.29 is 26.3 Å². The third kappa shape index (κ3) is 5.90. The molecule has 0 saturated heterocycles. The van der Waals surface area contributed by atoms with Crippen LogP contribution in [0, 0.1) is 5.92 Å². The predicted molar refractivity (Wildman–Crippen MR) is 51.8 cm³/mol. The number of nitrogens with two attached hydrogens (primary N) is 1. The van der Waals surface area contributed by atoms with Crippen LogP contribution in [0.15, 0.2) is 4.99 Å². The molecule has 2 atom stereocenters. The fourth-order valence-electron chi connectivity index (χ4n) is 1.10. The van der Waals surface area contributed by atoms with E-state index in [4.69, 9.17) is 0 Å². The van der Waals surface area contributed by atoms with E-state index in [1.165, 1.54) is 0 Å². The van der Waals surface area contributed by atoms with Gasteiger partial charge in [0, 0.05) is 6.04 Å². The molecule has 17 heavy (non-hydrogen) atoms. The van der Waals surface area contributed by atoms with Gasteiger partial charge in [0.2, 0.25) is 0 Å². The minimum atomic E-state index is -5.08. The molecule has 2 nitrogen and oxygen atoms in total. The minimum Gasteiger partial charge on any atom is -0.320 e. The zero-order valence-electron chi connectivity index (χ0n) is 9.31. The zero-order chi connectivity index (χ0) is 13.9. The molecule has 0 aliphatic carbocycles. The van der Waals surface area contributed by atoms with Crippen LogP contribution in [0.5, 0.6) is 0 Å². The van der Waals surface area contributed by atoms with Crippen LogP contribution < -0.4 is 5.73 Å². The summed E-state index contributed by atoms with van der Waals surface area (Å²) in [6.45, 7) is 3.20. The van der Waals surface area contributed by atoms with Crippen LogP contribution in [0.4, 0.5) is 26.3 Å². The fraction of sp³-hybridized carbons (Fsp3) is 0.889. The van der Waals surface area contributed by atoms with E-state index < -0.39 is 30.7 Å². The maximum Gasteiger partial charge on any atom is 0.404 e. The molecule has 0 aromatic heterocycles. The van der Waals surface area contributed by atoms with Gasteiger partial charge in [0.1, 0.15) is 6.04 Å². The first kappa shape index (κ1) is 16.2. The molecule has 2 N–H and O–H groups in total. The van der Waals surface area contributed by atoms with E-state index in [2.05, 4.69) is 10.7 Å². The average molecular weight is 264 g/mol. The van der Waals surface area contributed by atoms with Crippen molar-refractivity contribution in [3.8, 4) is 0 Å². The Morgan fingerprint density at radius 3 is 1.82 bits per heavy atom. The van der Waals surface area contributed by atoms with Crippen molar-refractivity contribution in [3.05, 3.63) is 0 Å². The second-order valence-electron chi connectivity index (χ2n) is 3.88. The summed E-state index contributed by atoms with van der Waals surface area (Å²) in [7, 11) is 0. The highest BCUT2D eigenvalue weighted by molar-refractivity contribution is 5.58. The average Bonchev–Trinajstić information content (AvgIpc) is 2.07. The van der Waals surface area contributed by atoms with Gasteiger partial charge in [-0.15, -0.1) is 0 Å². The Balaban J connectivity index is 4.80. The van der Waals surface area contributed by atoms with Crippen molar-refractivity contribution >= 4 is 6.21 Å². The quantitative estimate of drug-likeness (QED) is 0.615. The van der Waals surface area contributed by atoms with Gasteiger partial charge in [-0.3, -0.25) is 4.99 Å². The van der Waals surface area contributed by atoms with E-state index in [1.54, 1.807) is 13.8 Å². The zero-order valence-corrected chi connectivity index (χ0v) is 9.31. The van der Waals surface area contributed by atoms with Crippen molar-refractivity contribution in [1.29, 1.82) is 0 Å². The lowest BCUT2D eigenvalue weighted by molar-refractivity contribution is -0.227. The molecule has 0 radical (unpaired) electrons. The lowest BCUT2D eigenvalue weighted by atomic mass is 9.96. The molecule has 8 heteroatoms. The molecular formula is C9H14F6N2. The summed E-state index contributed by atoms with van der Waals surface area (Å²) in [5.74, 6) is -2.66. The molecule has 0 bridgehead atoms. The van der Waals surface area contributed by atoms with Crippen LogP contribution in [-0.2, 0) is 0 Å². The summed E-state index contributed by atoms with van der Waals surface area (Å²) >= 11 is 0. The first-order valence-corrected chi connectivity index (χ1v) is 4.87. The van der Waals surface area contributed by atoms with Gasteiger partial charge in [-0.25, -0.2) is 0 Å². The van der Waals surface area contributed by atoms with E-state index in [-0.39, 0.29) is 6.04 Å². The molecule has 0 spiro atoms. The second-order valence-corrected chi connectivity index (χ2v) is 3.88. The van der Waals surface area contributed by atoms with Crippen LogP contribution in [0.1, 0.15) is 20.3 Å². The van der Waals surface area contributed by atoms with Crippen molar-refractivity contribution in [2.75, 3.05) is 0 Å². The molecule has 0 fully saturated rings. The number of halogens is 6. The molecular weight excluding hydrogens is 250 g/mol. The van der Waals surface area contributed by atoms with E-state index in [0.717, 1.165) is 6.21 Å². The Kier molecular flexibility index (Phi) is 5.44. The van der Waals surface area contributed by atoms with E-state index in [9.17, 15) is 26.3 Å². The Labute approximate surface area is 94.9 Å². The maximum atomic E-state index is 12.4. The van der Waals surface area contributed by atoms with E-state index >= 15 is 0 Å². The van der Waals surface area contributed by atoms with Gasteiger partial charge in [0.25, 0.3) is 0 Å². The number of alkyl halides is 6. The summed E-state index contributed by atoms with van der Waals surface area (Å²) < 4.78 is 73.6. The third-order valence-corrected chi connectivity index (χ3v) is 1.99. The van der Waals surface area contributed by atoms with Crippen molar-refractivity contribution in [2.45, 2.75) is 44.7 Å². The number of hydrogen-bond donors (Lipinski definition) is 1. The topological polar surface area (TPSA) is 38.4 Å². The summed E-state index contributed by atoms with van der Waals surface area (Å²) in [6, 6.07) is -3.20. The summed E-state index contributed by atoms with van der Waals surface area (Å²) in [5, 5.41) is 0. The van der Waals surface area contributed by atoms with Gasteiger partial charge >= 0.3 is 12.4 Å². The molecule has 0 aliphatic heterocycles. The summed E-state index contributed by atoms with van der Waals surface area (Å²) in [5.41, 5.74) is 4.59. The van der Waals surface area contributed by atoms with Crippen LogP contribution in [0.2, 0.25) is 0 Å². The minimum absolute atomic E-state index is 0.272. The standard InChI is InChI=1S/C9H14F6N2/c1-5(2)17-4-3-6(8(10,11)12)7(16)9(13,14)15/h4-7H,3,16H2,1-2H3. The number of aliphatic imine (C=N–C) groups is 1. The van der Waals surface area contributed by atoms with Gasteiger partial charge in [0.15, 0.2) is 0 Å². The monoisotopic (exact) mass is 264 g/mol. The van der Waals surface area contributed by atoms with Crippen LogP contribution >= 0.6 is 0 Å². The fourth-order valence-corrected chi connectivity index (χ4v) is 1.10. The van der Waals surface area contributed by atoms with Crippen LogP contribution in [0.25, 0.3) is 0 Å². The predicted octanol–water partition coefficient (Wildman–Crippen LogP) is 2.92. The molecule has 0 aliphatic rings. The lowest BCUT2D eigenvalue weighted by Crippen LogP contribution is -2.49. The normalized spacial score (nSPS) is 17.8. The third-order valence-electron chi connectivity index (χ3n) is 1.99. The van der Waals surface area contributed by atoms with Crippen molar-refractivity contribution in [1.82, 2.24) is 0 Å². The van der Waals surface area contributed by atoms with Crippen LogP contribution in [0.3, 0.4) is 0 Å². The van der Waals surface area contributed by atoms with E-state index in [1.807, 2.05) is 0 Å². The smallest absolute Gasteiger partial charge is 0.320 e. The molecule has 0 rings (SSSR count). The Morgan fingerprint density at radius 2 is 1.53 bits per heavy atom. The highest BCUT2D eigenvalue weighted by Gasteiger charge is 2.52. The van der Waals surface area contributed by atoms with E-state index in [0.29, 0.717) is 0 Å². The molecule has 0 aromatic rings. The van der Waals surface area contributed by atoms with Gasteiger partial charge in [0.05, 0.1) is 5.92 Å². The lowest BCUT2D eigenvalue weighted by Gasteiger charge is -2.26. The maximum absolute atomic E-state index is 12.4. The van der Waals surface area contributed by atoms with Crippen molar-refractivity contribution in [3.63, 3.8) is 0 Å².